The highest BCUT2D eigenvalue weighted by molar-refractivity contribution is 9.10. The maximum absolute atomic E-state index is 12.2. The van der Waals surface area contributed by atoms with E-state index in [1.54, 1.807) is 12.1 Å². The minimum absolute atomic E-state index is 0.0383. The molecule has 6 nitrogen and oxygen atoms in total. The Labute approximate surface area is 144 Å². The molecule has 23 heavy (non-hydrogen) atoms. The van der Waals surface area contributed by atoms with E-state index in [2.05, 4.69) is 26.6 Å². The second-order valence-electron chi connectivity index (χ2n) is 5.36. The lowest BCUT2D eigenvalue weighted by molar-refractivity contribution is -0.120. The Bertz CT molecular complexity index is 588. The Morgan fingerprint density at radius 2 is 2.09 bits per heavy atom. The molecular weight excluding hydrogens is 364 g/mol. The highest BCUT2D eigenvalue weighted by atomic mass is 79.9. The maximum Gasteiger partial charge on any atom is 0.251 e. The number of benzene rings is 1. The molecule has 0 unspecified atom stereocenters. The predicted octanol–water partition coefficient (Wildman–Crippen LogP) is 2.25. The SMILES string of the molecule is CCCOc1c(Br)cc(C(=O)NCC(=O)NC2CC2)cc1OC. The van der Waals surface area contributed by atoms with Crippen molar-refractivity contribution in [3.63, 3.8) is 0 Å². The summed E-state index contributed by atoms with van der Waals surface area (Å²) in [6.07, 6.45) is 2.90. The van der Waals surface area contributed by atoms with Crippen molar-refractivity contribution < 1.29 is 19.1 Å². The summed E-state index contributed by atoms with van der Waals surface area (Å²) in [5.41, 5.74) is 0.400. The van der Waals surface area contributed by atoms with Crippen LogP contribution in [0.25, 0.3) is 0 Å². The molecule has 1 aliphatic rings. The molecule has 7 heteroatoms. The summed E-state index contributed by atoms with van der Waals surface area (Å²) in [5, 5.41) is 5.42. The van der Waals surface area contributed by atoms with Crippen molar-refractivity contribution in [1.29, 1.82) is 0 Å². The van der Waals surface area contributed by atoms with Gasteiger partial charge in [0.15, 0.2) is 11.5 Å². The van der Waals surface area contributed by atoms with E-state index >= 15 is 0 Å². The molecule has 0 aliphatic heterocycles. The van der Waals surface area contributed by atoms with Crippen LogP contribution in [0.1, 0.15) is 36.5 Å². The fourth-order valence-electron chi connectivity index (χ4n) is 1.96. The van der Waals surface area contributed by atoms with E-state index in [0.717, 1.165) is 19.3 Å². The minimum Gasteiger partial charge on any atom is -0.493 e. The summed E-state index contributed by atoms with van der Waals surface area (Å²) >= 11 is 3.39. The molecule has 1 aromatic rings. The van der Waals surface area contributed by atoms with Crippen LogP contribution in [0.2, 0.25) is 0 Å². The molecule has 1 saturated carbocycles. The van der Waals surface area contributed by atoms with Gasteiger partial charge in [-0.1, -0.05) is 6.92 Å². The highest BCUT2D eigenvalue weighted by Gasteiger charge is 2.23. The van der Waals surface area contributed by atoms with Crippen molar-refractivity contribution >= 4 is 27.7 Å². The standard InChI is InChI=1S/C16H21BrN2O4/c1-3-6-23-15-12(17)7-10(8-13(15)22-2)16(21)18-9-14(20)19-11-4-5-11/h7-8,11H,3-6,9H2,1-2H3,(H,18,21)(H,19,20). The normalized spacial score (nSPS) is 13.3. The van der Waals surface area contributed by atoms with Gasteiger partial charge in [0.05, 0.1) is 24.7 Å². The second-order valence-corrected chi connectivity index (χ2v) is 6.22. The molecule has 0 radical (unpaired) electrons. The Kier molecular flexibility index (Phi) is 6.27. The van der Waals surface area contributed by atoms with Gasteiger partial charge in [-0.2, -0.15) is 0 Å². The first-order valence-corrected chi connectivity index (χ1v) is 8.42. The van der Waals surface area contributed by atoms with Crippen molar-refractivity contribution in [3.8, 4) is 11.5 Å². The average molecular weight is 385 g/mol. The monoisotopic (exact) mass is 384 g/mol. The zero-order valence-corrected chi connectivity index (χ0v) is 14.9. The van der Waals surface area contributed by atoms with Gasteiger partial charge in [-0.15, -0.1) is 0 Å². The summed E-state index contributed by atoms with van der Waals surface area (Å²) in [6.45, 7) is 2.53. The first-order valence-electron chi connectivity index (χ1n) is 7.63. The third-order valence-corrected chi connectivity index (χ3v) is 3.88. The Balaban J connectivity index is 2.01. The number of halogens is 1. The van der Waals surface area contributed by atoms with Crippen molar-refractivity contribution in [2.75, 3.05) is 20.3 Å². The van der Waals surface area contributed by atoms with Gasteiger partial charge in [0.1, 0.15) is 0 Å². The second kappa shape index (κ2) is 8.19. The summed E-state index contributed by atoms with van der Waals surface area (Å²) in [6, 6.07) is 3.54. The number of nitrogens with one attached hydrogen (secondary N) is 2. The largest absolute Gasteiger partial charge is 0.493 e. The zero-order valence-electron chi connectivity index (χ0n) is 13.3. The van der Waals surface area contributed by atoms with Crippen LogP contribution in [0.5, 0.6) is 11.5 Å². The smallest absolute Gasteiger partial charge is 0.251 e. The van der Waals surface area contributed by atoms with Crippen LogP contribution >= 0.6 is 15.9 Å². The molecule has 0 spiro atoms. The van der Waals surface area contributed by atoms with Gasteiger partial charge in [0, 0.05) is 11.6 Å². The van der Waals surface area contributed by atoms with E-state index in [4.69, 9.17) is 9.47 Å². The number of hydrogen-bond acceptors (Lipinski definition) is 4. The van der Waals surface area contributed by atoms with Crippen LogP contribution in [0, 0.1) is 0 Å². The summed E-state index contributed by atoms with van der Waals surface area (Å²) in [5.74, 6) is 0.532. The predicted molar refractivity (Wildman–Crippen MR) is 90.0 cm³/mol. The molecule has 1 fully saturated rings. The van der Waals surface area contributed by atoms with Crippen LogP contribution < -0.4 is 20.1 Å². The highest BCUT2D eigenvalue weighted by Crippen LogP contribution is 2.36. The molecule has 1 aliphatic carbocycles. The number of ether oxygens (including phenoxy) is 2. The number of hydrogen-bond donors (Lipinski definition) is 2. The van der Waals surface area contributed by atoms with Gasteiger partial charge >= 0.3 is 0 Å². The van der Waals surface area contributed by atoms with Crippen LogP contribution in [0.15, 0.2) is 16.6 Å². The molecule has 0 bridgehead atoms. The lowest BCUT2D eigenvalue weighted by Crippen LogP contribution is -2.37. The summed E-state index contributed by atoms with van der Waals surface area (Å²) in [4.78, 5) is 23.8. The van der Waals surface area contributed by atoms with Crippen molar-refractivity contribution in [2.24, 2.45) is 0 Å². The number of carbonyl (C=O) groups is 2. The number of amides is 2. The van der Waals surface area contributed by atoms with Gasteiger partial charge in [-0.25, -0.2) is 0 Å². The van der Waals surface area contributed by atoms with Crippen LogP contribution in [-0.4, -0.2) is 38.1 Å². The topological polar surface area (TPSA) is 76.7 Å². The lowest BCUT2D eigenvalue weighted by atomic mass is 10.2. The van der Waals surface area contributed by atoms with E-state index in [-0.39, 0.29) is 24.4 Å². The van der Waals surface area contributed by atoms with Crippen molar-refractivity contribution in [1.82, 2.24) is 10.6 Å². The Morgan fingerprint density at radius 3 is 2.70 bits per heavy atom. The van der Waals surface area contributed by atoms with Gasteiger partial charge in [-0.3, -0.25) is 9.59 Å². The van der Waals surface area contributed by atoms with Crippen LogP contribution in [-0.2, 0) is 4.79 Å². The lowest BCUT2D eigenvalue weighted by Gasteiger charge is -2.14. The van der Waals surface area contributed by atoms with E-state index in [0.29, 0.717) is 28.1 Å². The van der Waals surface area contributed by atoms with E-state index < -0.39 is 0 Å². The molecule has 0 aromatic heterocycles. The molecule has 0 atom stereocenters. The number of carbonyl (C=O) groups excluding carboxylic acids is 2. The van der Waals surface area contributed by atoms with Crippen LogP contribution in [0.3, 0.4) is 0 Å². The molecule has 0 saturated heterocycles. The quantitative estimate of drug-likeness (QED) is 0.720. The third-order valence-electron chi connectivity index (χ3n) is 3.29. The molecule has 2 rings (SSSR count). The minimum atomic E-state index is -0.336. The molecule has 1 aromatic carbocycles. The Hall–Kier alpha value is -1.76. The van der Waals surface area contributed by atoms with Gasteiger partial charge in [0.25, 0.3) is 5.91 Å². The van der Waals surface area contributed by atoms with Crippen LogP contribution in [0.4, 0.5) is 0 Å². The first-order chi connectivity index (χ1) is 11.0. The van der Waals surface area contributed by atoms with E-state index in [1.807, 2.05) is 6.92 Å². The van der Waals surface area contributed by atoms with Gasteiger partial charge in [0.2, 0.25) is 5.91 Å². The third kappa shape index (κ3) is 5.13. The van der Waals surface area contributed by atoms with Crippen molar-refractivity contribution in [3.05, 3.63) is 22.2 Å². The summed E-state index contributed by atoms with van der Waals surface area (Å²) < 4.78 is 11.5. The summed E-state index contributed by atoms with van der Waals surface area (Å²) in [7, 11) is 1.52. The van der Waals surface area contributed by atoms with Gasteiger partial charge in [-0.05, 0) is 47.3 Å². The molecule has 2 amide bonds. The van der Waals surface area contributed by atoms with Gasteiger partial charge < -0.3 is 20.1 Å². The fourth-order valence-corrected chi connectivity index (χ4v) is 2.52. The zero-order chi connectivity index (χ0) is 16.8. The maximum atomic E-state index is 12.2. The average Bonchev–Trinajstić information content (AvgIpc) is 3.34. The Morgan fingerprint density at radius 1 is 1.35 bits per heavy atom. The molecule has 2 N–H and O–H groups in total. The van der Waals surface area contributed by atoms with E-state index in [1.165, 1.54) is 7.11 Å². The molecular formula is C16H21BrN2O4. The number of methoxy groups -OCH3 is 1. The fraction of sp³-hybridized carbons (Fsp3) is 0.500. The molecule has 0 heterocycles. The van der Waals surface area contributed by atoms with E-state index in [9.17, 15) is 9.59 Å². The molecule has 126 valence electrons. The van der Waals surface area contributed by atoms with Crippen molar-refractivity contribution in [2.45, 2.75) is 32.2 Å². The number of rotatable bonds is 8. The first kappa shape index (κ1) is 17.6.